The van der Waals surface area contributed by atoms with Crippen LogP contribution >= 0.6 is 23.4 Å². The molecule has 3 rings (SSSR count). The van der Waals surface area contributed by atoms with Gasteiger partial charge in [0.1, 0.15) is 11.0 Å². The Hall–Kier alpha value is -2.12. The molecule has 1 aliphatic heterocycles. The van der Waals surface area contributed by atoms with E-state index in [2.05, 4.69) is 15.3 Å². The maximum absolute atomic E-state index is 14.2. The lowest BCUT2D eigenvalue weighted by Gasteiger charge is -2.30. The number of anilines is 1. The van der Waals surface area contributed by atoms with Crippen LogP contribution in [0.5, 0.6) is 0 Å². The lowest BCUT2D eigenvalue weighted by Crippen LogP contribution is -2.29. The summed E-state index contributed by atoms with van der Waals surface area (Å²) in [5, 5.41) is 3.36. The first-order valence-electron chi connectivity index (χ1n) is 7.58. The molecule has 1 amide bonds. The van der Waals surface area contributed by atoms with E-state index in [4.69, 9.17) is 17.3 Å². The molecule has 0 spiro atoms. The van der Waals surface area contributed by atoms with Crippen LogP contribution in [0.3, 0.4) is 0 Å². The lowest BCUT2D eigenvalue weighted by molar-refractivity contribution is 0.102. The van der Waals surface area contributed by atoms with Crippen molar-refractivity contribution in [2.45, 2.75) is 18.9 Å². The molecule has 3 N–H and O–H groups in total. The number of pyridine rings is 1. The van der Waals surface area contributed by atoms with E-state index >= 15 is 0 Å². The first-order chi connectivity index (χ1) is 11.9. The number of nitrogens with one attached hydrogen (secondary N) is 1. The molecule has 0 radical (unpaired) electrons. The number of aromatic nitrogens is 1. The van der Waals surface area contributed by atoms with E-state index in [1.54, 1.807) is 12.1 Å². The zero-order valence-electron chi connectivity index (χ0n) is 13.4. The van der Waals surface area contributed by atoms with E-state index in [0.717, 1.165) is 17.7 Å². The Kier molecular flexibility index (Phi) is 4.96. The van der Waals surface area contributed by atoms with E-state index in [0.29, 0.717) is 5.17 Å². The number of halogens is 2. The topological polar surface area (TPSA) is 80.4 Å². The number of amides is 1. The summed E-state index contributed by atoms with van der Waals surface area (Å²) in [6.45, 7) is 1.95. The standard InChI is InChI=1S/C17H16ClFN4OS/c1-17(6-7-25-16(20)23-17)11-3-4-12(19)13(8-11)22-15(24)10-2-5-14(18)21-9-10/h2-5,8-9H,6-7H2,1H3,(H2,20,23)(H,22,24). The predicted molar refractivity (Wildman–Crippen MR) is 99.6 cm³/mol. The van der Waals surface area contributed by atoms with Crippen molar-refractivity contribution in [3.05, 3.63) is 58.6 Å². The predicted octanol–water partition coefficient (Wildman–Crippen LogP) is 3.79. The molecule has 1 aliphatic rings. The Morgan fingerprint density at radius 3 is 2.88 bits per heavy atom. The zero-order chi connectivity index (χ0) is 18.0. The molecular weight excluding hydrogens is 363 g/mol. The van der Waals surface area contributed by atoms with Crippen molar-refractivity contribution in [3.8, 4) is 0 Å². The third-order valence-electron chi connectivity index (χ3n) is 4.02. The summed E-state index contributed by atoms with van der Waals surface area (Å²) in [6, 6.07) is 7.62. The molecule has 0 saturated carbocycles. The summed E-state index contributed by atoms with van der Waals surface area (Å²) < 4.78 is 14.2. The number of rotatable bonds is 3. The number of hydrogen-bond acceptors (Lipinski definition) is 5. The van der Waals surface area contributed by atoms with Gasteiger partial charge in [-0.1, -0.05) is 29.4 Å². The molecule has 2 heterocycles. The van der Waals surface area contributed by atoms with Crippen molar-refractivity contribution in [1.29, 1.82) is 0 Å². The number of hydrogen-bond donors (Lipinski definition) is 2. The fourth-order valence-corrected chi connectivity index (χ4v) is 3.64. The van der Waals surface area contributed by atoms with Gasteiger partial charge in [-0.25, -0.2) is 9.37 Å². The molecule has 8 heteroatoms. The van der Waals surface area contributed by atoms with Crippen LogP contribution in [0, 0.1) is 5.82 Å². The fourth-order valence-electron chi connectivity index (χ4n) is 2.56. The van der Waals surface area contributed by atoms with Gasteiger partial charge in [0.25, 0.3) is 5.91 Å². The van der Waals surface area contributed by atoms with Gasteiger partial charge in [-0.15, -0.1) is 0 Å². The minimum atomic E-state index is -0.537. The van der Waals surface area contributed by atoms with Gasteiger partial charge in [0, 0.05) is 11.9 Å². The van der Waals surface area contributed by atoms with E-state index in [1.807, 2.05) is 6.92 Å². The van der Waals surface area contributed by atoms with Gasteiger partial charge in [-0.2, -0.15) is 0 Å². The maximum Gasteiger partial charge on any atom is 0.257 e. The van der Waals surface area contributed by atoms with E-state index in [-0.39, 0.29) is 16.4 Å². The number of thioether (sulfide) groups is 1. The number of nitrogens with two attached hydrogens (primary N) is 1. The van der Waals surface area contributed by atoms with E-state index < -0.39 is 17.3 Å². The molecule has 1 atom stereocenters. The Morgan fingerprint density at radius 1 is 1.40 bits per heavy atom. The average molecular weight is 379 g/mol. The molecule has 0 aliphatic carbocycles. The second kappa shape index (κ2) is 7.01. The third kappa shape index (κ3) is 3.93. The Balaban J connectivity index is 1.88. The molecule has 5 nitrogen and oxygen atoms in total. The molecule has 1 aromatic heterocycles. The van der Waals surface area contributed by atoms with Gasteiger partial charge in [0.05, 0.1) is 16.8 Å². The van der Waals surface area contributed by atoms with Crippen molar-refractivity contribution >= 4 is 40.1 Å². The quantitative estimate of drug-likeness (QED) is 0.796. The number of carbonyl (C=O) groups is 1. The van der Waals surface area contributed by atoms with E-state index in [9.17, 15) is 9.18 Å². The molecule has 1 unspecified atom stereocenters. The highest BCUT2D eigenvalue weighted by Crippen LogP contribution is 2.36. The van der Waals surface area contributed by atoms with Gasteiger partial charge in [-0.05, 0) is 43.2 Å². The summed E-state index contributed by atoms with van der Waals surface area (Å²) in [6.07, 6.45) is 2.11. The second-order valence-corrected chi connectivity index (χ2v) is 7.34. The fraction of sp³-hybridized carbons (Fsp3) is 0.235. The van der Waals surface area contributed by atoms with Gasteiger partial charge in [0.15, 0.2) is 5.17 Å². The smallest absolute Gasteiger partial charge is 0.257 e. The van der Waals surface area contributed by atoms with Crippen LogP contribution in [0.4, 0.5) is 10.1 Å². The highest BCUT2D eigenvalue weighted by Gasteiger charge is 2.30. The molecule has 0 saturated heterocycles. The Labute approximate surface area is 153 Å². The van der Waals surface area contributed by atoms with Gasteiger partial charge in [0.2, 0.25) is 0 Å². The molecule has 1 aromatic carbocycles. The Morgan fingerprint density at radius 2 is 2.20 bits per heavy atom. The number of aliphatic imine (C=N–C) groups is 1. The van der Waals surface area contributed by atoms with Crippen molar-refractivity contribution in [1.82, 2.24) is 4.98 Å². The highest BCUT2D eigenvalue weighted by molar-refractivity contribution is 8.13. The molecular formula is C17H16ClFN4OS. The summed E-state index contributed by atoms with van der Waals surface area (Å²) >= 11 is 7.21. The van der Waals surface area contributed by atoms with Crippen molar-refractivity contribution < 1.29 is 9.18 Å². The van der Waals surface area contributed by atoms with Crippen LogP contribution < -0.4 is 11.1 Å². The molecule has 0 fully saturated rings. The molecule has 25 heavy (non-hydrogen) atoms. The SMILES string of the molecule is CC1(c2ccc(F)c(NC(=O)c3ccc(Cl)nc3)c2)CCSC(N)=N1. The third-order valence-corrected chi connectivity index (χ3v) is 5.04. The minimum Gasteiger partial charge on any atom is -0.379 e. The maximum atomic E-state index is 14.2. The highest BCUT2D eigenvalue weighted by atomic mass is 35.5. The number of amidine groups is 1. The van der Waals surface area contributed by atoms with Gasteiger partial charge >= 0.3 is 0 Å². The minimum absolute atomic E-state index is 0.0886. The largest absolute Gasteiger partial charge is 0.379 e. The van der Waals surface area contributed by atoms with Crippen molar-refractivity contribution in [3.63, 3.8) is 0 Å². The molecule has 0 bridgehead atoms. The van der Waals surface area contributed by atoms with Crippen LogP contribution in [0.15, 0.2) is 41.5 Å². The van der Waals surface area contributed by atoms with Crippen LogP contribution in [-0.4, -0.2) is 21.8 Å². The molecule has 2 aromatic rings. The normalized spacial score (nSPS) is 20.0. The first kappa shape index (κ1) is 17.7. The first-order valence-corrected chi connectivity index (χ1v) is 8.95. The van der Waals surface area contributed by atoms with Crippen molar-refractivity contribution in [2.24, 2.45) is 10.7 Å². The van der Waals surface area contributed by atoms with Gasteiger partial charge in [-0.3, -0.25) is 9.79 Å². The van der Waals surface area contributed by atoms with Crippen LogP contribution in [-0.2, 0) is 5.54 Å². The Bertz CT molecular complexity index is 843. The summed E-state index contributed by atoms with van der Waals surface area (Å²) in [5.41, 5.74) is 6.47. The lowest BCUT2D eigenvalue weighted by atomic mass is 9.89. The van der Waals surface area contributed by atoms with E-state index in [1.165, 1.54) is 36.2 Å². The van der Waals surface area contributed by atoms with Crippen LogP contribution in [0.2, 0.25) is 5.15 Å². The zero-order valence-corrected chi connectivity index (χ0v) is 15.0. The van der Waals surface area contributed by atoms with Crippen LogP contribution in [0.25, 0.3) is 0 Å². The van der Waals surface area contributed by atoms with Crippen molar-refractivity contribution in [2.75, 3.05) is 11.1 Å². The molecule has 130 valence electrons. The number of nitrogens with zero attached hydrogens (tertiary/aromatic N) is 2. The number of carbonyl (C=O) groups excluding carboxylic acids is 1. The average Bonchev–Trinajstić information content (AvgIpc) is 2.57. The second-order valence-electron chi connectivity index (χ2n) is 5.84. The summed E-state index contributed by atoms with van der Waals surface area (Å²) in [7, 11) is 0. The summed E-state index contributed by atoms with van der Waals surface area (Å²) in [4.78, 5) is 20.6. The summed E-state index contributed by atoms with van der Waals surface area (Å²) in [5.74, 6) is -0.154. The van der Waals surface area contributed by atoms with Crippen LogP contribution in [0.1, 0.15) is 29.3 Å². The number of benzene rings is 1. The monoisotopic (exact) mass is 378 g/mol. The van der Waals surface area contributed by atoms with Gasteiger partial charge < -0.3 is 11.1 Å².